The Kier molecular flexibility index (Phi) is 4.94. The number of hydrogen-bond acceptors (Lipinski definition) is 6. The molecule has 0 aliphatic carbocycles. The van der Waals surface area contributed by atoms with E-state index in [0.717, 1.165) is 18.5 Å². The standard InChI is InChI=1S/C17H21N5O4S/c23-17(21-8-1-2-9-26-21)10-15-13-20(12-14-5-7-19-22(14)15)27(24,25)16-4-3-6-18-11-16/h3-7,11,15H,1-2,8-10,12-13H2/t15-/m0/s1. The van der Waals surface area contributed by atoms with E-state index in [4.69, 9.17) is 4.84 Å². The fraction of sp³-hybridized carbons (Fsp3) is 0.471. The zero-order chi connectivity index (χ0) is 18.9. The van der Waals surface area contributed by atoms with E-state index in [2.05, 4.69) is 10.1 Å². The lowest BCUT2D eigenvalue weighted by atomic mass is 10.1. The average molecular weight is 391 g/mol. The van der Waals surface area contributed by atoms with Crippen LogP contribution in [-0.4, -0.2) is 58.2 Å². The molecule has 4 heterocycles. The van der Waals surface area contributed by atoms with Crippen LogP contribution >= 0.6 is 0 Å². The lowest BCUT2D eigenvalue weighted by Gasteiger charge is -2.34. The molecule has 1 saturated heterocycles. The normalized spacial score (nSPS) is 21.0. The van der Waals surface area contributed by atoms with Crippen molar-refractivity contribution >= 4 is 15.9 Å². The number of nitrogens with zero attached hydrogens (tertiary/aromatic N) is 5. The third kappa shape index (κ3) is 3.60. The van der Waals surface area contributed by atoms with Gasteiger partial charge in [0.15, 0.2) is 0 Å². The van der Waals surface area contributed by atoms with Crippen molar-refractivity contribution in [3.8, 4) is 0 Å². The molecular formula is C17H21N5O4S. The molecule has 144 valence electrons. The molecule has 2 aromatic rings. The zero-order valence-corrected chi connectivity index (χ0v) is 15.6. The van der Waals surface area contributed by atoms with Crippen LogP contribution in [0.1, 0.15) is 31.0 Å². The molecule has 1 amide bonds. The number of fused-ring (bicyclic) bond motifs is 1. The van der Waals surface area contributed by atoms with Gasteiger partial charge in [-0.1, -0.05) is 0 Å². The van der Waals surface area contributed by atoms with E-state index in [0.29, 0.717) is 13.2 Å². The lowest BCUT2D eigenvalue weighted by molar-refractivity contribution is -0.198. The Labute approximate surface area is 157 Å². The molecule has 0 bridgehead atoms. The van der Waals surface area contributed by atoms with E-state index in [-0.39, 0.29) is 36.4 Å². The first-order valence-corrected chi connectivity index (χ1v) is 10.4. The van der Waals surface area contributed by atoms with Crippen molar-refractivity contribution in [3.05, 3.63) is 42.5 Å². The molecule has 0 spiro atoms. The van der Waals surface area contributed by atoms with E-state index in [1.807, 2.05) is 0 Å². The Morgan fingerprint density at radius 1 is 1.26 bits per heavy atom. The quantitative estimate of drug-likeness (QED) is 0.770. The Bertz CT molecular complexity index is 908. The summed E-state index contributed by atoms with van der Waals surface area (Å²) >= 11 is 0. The number of amides is 1. The van der Waals surface area contributed by atoms with Crippen LogP contribution in [0.15, 0.2) is 41.7 Å². The van der Waals surface area contributed by atoms with Gasteiger partial charge in [0.1, 0.15) is 4.90 Å². The van der Waals surface area contributed by atoms with Crippen LogP contribution in [0.3, 0.4) is 0 Å². The molecule has 0 N–H and O–H groups in total. The molecule has 0 radical (unpaired) electrons. The first kappa shape index (κ1) is 18.1. The van der Waals surface area contributed by atoms with Gasteiger partial charge in [-0.3, -0.25) is 19.3 Å². The highest BCUT2D eigenvalue weighted by Gasteiger charge is 2.35. The highest BCUT2D eigenvalue weighted by molar-refractivity contribution is 7.89. The summed E-state index contributed by atoms with van der Waals surface area (Å²) in [6.45, 7) is 1.48. The van der Waals surface area contributed by atoms with Crippen LogP contribution in [0.25, 0.3) is 0 Å². The summed E-state index contributed by atoms with van der Waals surface area (Å²) in [5, 5.41) is 5.69. The lowest BCUT2D eigenvalue weighted by Crippen LogP contribution is -2.44. The van der Waals surface area contributed by atoms with E-state index >= 15 is 0 Å². The molecule has 9 nitrogen and oxygen atoms in total. The summed E-state index contributed by atoms with van der Waals surface area (Å²) in [5.74, 6) is -0.151. The fourth-order valence-electron chi connectivity index (χ4n) is 3.43. The third-order valence-corrected chi connectivity index (χ3v) is 6.61. The maximum Gasteiger partial charge on any atom is 0.248 e. The van der Waals surface area contributed by atoms with Gasteiger partial charge in [-0.2, -0.15) is 9.40 Å². The van der Waals surface area contributed by atoms with Crippen LogP contribution in [0, 0.1) is 0 Å². The summed E-state index contributed by atoms with van der Waals surface area (Å²) in [7, 11) is -3.70. The van der Waals surface area contributed by atoms with Crippen LogP contribution in [0.5, 0.6) is 0 Å². The molecule has 10 heteroatoms. The van der Waals surface area contributed by atoms with E-state index in [1.54, 1.807) is 23.0 Å². The number of hydrogen-bond donors (Lipinski definition) is 0. The number of pyridine rings is 1. The minimum Gasteiger partial charge on any atom is -0.273 e. The van der Waals surface area contributed by atoms with Gasteiger partial charge in [-0.25, -0.2) is 13.5 Å². The van der Waals surface area contributed by atoms with Gasteiger partial charge in [0.25, 0.3) is 0 Å². The fourth-order valence-corrected chi connectivity index (χ4v) is 4.85. The first-order chi connectivity index (χ1) is 13.1. The van der Waals surface area contributed by atoms with Crippen molar-refractivity contribution in [1.82, 2.24) is 24.1 Å². The van der Waals surface area contributed by atoms with Gasteiger partial charge in [0.2, 0.25) is 15.9 Å². The van der Waals surface area contributed by atoms with E-state index in [9.17, 15) is 13.2 Å². The number of sulfonamides is 1. The van der Waals surface area contributed by atoms with Gasteiger partial charge in [-0.15, -0.1) is 0 Å². The molecule has 27 heavy (non-hydrogen) atoms. The number of rotatable bonds is 4. The summed E-state index contributed by atoms with van der Waals surface area (Å²) in [5.41, 5.74) is 0.756. The number of carbonyl (C=O) groups excluding carboxylic acids is 1. The van der Waals surface area contributed by atoms with Crippen molar-refractivity contribution in [2.45, 2.75) is 36.7 Å². The first-order valence-electron chi connectivity index (χ1n) is 8.91. The van der Waals surface area contributed by atoms with Gasteiger partial charge >= 0.3 is 0 Å². The zero-order valence-electron chi connectivity index (χ0n) is 14.8. The second-order valence-corrected chi connectivity index (χ2v) is 8.59. The van der Waals surface area contributed by atoms with Crippen molar-refractivity contribution in [2.24, 2.45) is 0 Å². The van der Waals surface area contributed by atoms with E-state index in [1.165, 1.54) is 27.8 Å². The summed E-state index contributed by atoms with van der Waals surface area (Å²) in [6.07, 6.45) is 6.48. The Morgan fingerprint density at radius 3 is 2.89 bits per heavy atom. The Morgan fingerprint density at radius 2 is 2.15 bits per heavy atom. The molecule has 2 aromatic heterocycles. The largest absolute Gasteiger partial charge is 0.273 e. The highest BCUT2D eigenvalue weighted by Crippen LogP contribution is 2.28. The van der Waals surface area contributed by atoms with Crippen LogP contribution < -0.4 is 0 Å². The average Bonchev–Trinajstić information content (AvgIpc) is 3.18. The molecule has 1 fully saturated rings. The minimum atomic E-state index is -3.70. The maximum atomic E-state index is 13.0. The second-order valence-electron chi connectivity index (χ2n) is 6.65. The molecule has 0 aromatic carbocycles. The second kappa shape index (κ2) is 7.37. The monoisotopic (exact) mass is 391 g/mol. The van der Waals surface area contributed by atoms with Crippen LogP contribution in [0.2, 0.25) is 0 Å². The Hall–Kier alpha value is -2.30. The van der Waals surface area contributed by atoms with Crippen molar-refractivity contribution < 1.29 is 18.0 Å². The highest BCUT2D eigenvalue weighted by atomic mass is 32.2. The molecule has 4 rings (SSSR count). The number of hydroxylamine groups is 2. The summed E-state index contributed by atoms with van der Waals surface area (Å²) in [4.78, 5) is 22.1. The smallest absolute Gasteiger partial charge is 0.248 e. The molecule has 0 unspecified atom stereocenters. The van der Waals surface area contributed by atoms with Crippen molar-refractivity contribution in [3.63, 3.8) is 0 Å². The van der Waals surface area contributed by atoms with Gasteiger partial charge in [0, 0.05) is 31.7 Å². The predicted octanol–water partition coefficient (Wildman–Crippen LogP) is 0.968. The molecule has 1 atom stereocenters. The summed E-state index contributed by atoms with van der Waals surface area (Å²) in [6, 6.07) is 4.51. The van der Waals surface area contributed by atoms with Crippen molar-refractivity contribution in [1.29, 1.82) is 0 Å². The molecule has 2 aliphatic heterocycles. The third-order valence-electron chi connectivity index (χ3n) is 4.81. The van der Waals surface area contributed by atoms with E-state index < -0.39 is 10.0 Å². The molecule has 2 aliphatic rings. The van der Waals surface area contributed by atoms with Gasteiger partial charge in [-0.05, 0) is 31.0 Å². The predicted molar refractivity (Wildman–Crippen MR) is 94.6 cm³/mol. The topological polar surface area (TPSA) is 97.6 Å². The minimum absolute atomic E-state index is 0.133. The van der Waals surface area contributed by atoms with Gasteiger partial charge < -0.3 is 0 Å². The molecular weight excluding hydrogens is 370 g/mol. The Balaban J connectivity index is 1.57. The number of carbonyl (C=O) groups is 1. The summed E-state index contributed by atoms with van der Waals surface area (Å²) < 4.78 is 29.1. The maximum absolute atomic E-state index is 13.0. The van der Waals surface area contributed by atoms with Crippen molar-refractivity contribution in [2.75, 3.05) is 19.7 Å². The number of aromatic nitrogens is 3. The van der Waals surface area contributed by atoms with Crippen LogP contribution in [0.4, 0.5) is 0 Å². The molecule has 0 saturated carbocycles. The van der Waals surface area contributed by atoms with Gasteiger partial charge in [0.05, 0.1) is 31.3 Å². The SMILES string of the molecule is O=C(C[C@H]1CN(S(=O)(=O)c2cccnc2)Cc2ccnn21)N1CCCCO1. The van der Waals surface area contributed by atoms with Crippen LogP contribution in [-0.2, 0) is 26.2 Å².